The molecule has 1 heterocycles. The molecule has 0 spiro atoms. The fraction of sp³-hybridized carbons (Fsp3) is 0.350. The minimum Gasteiger partial charge on any atom is -0.497 e. The molecule has 28 heavy (non-hydrogen) atoms. The fourth-order valence-electron chi connectivity index (χ4n) is 3.05. The van der Waals surface area contributed by atoms with Crippen LogP contribution in [-0.4, -0.2) is 40.4 Å². The zero-order valence-electron chi connectivity index (χ0n) is 16.0. The third-order valence-corrected chi connectivity index (χ3v) is 7.50. The maximum atomic E-state index is 13.4. The zero-order valence-corrected chi connectivity index (χ0v) is 17.7. The summed E-state index contributed by atoms with van der Waals surface area (Å²) >= 11 is 1.38. The van der Waals surface area contributed by atoms with Gasteiger partial charge in [-0.1, -0.05) is 23.8 Å². The van der Waals surface area contributed by atoms with E-state index in [9.17, 15) is 13.2 Å². The highest BCUT2D eigenvalue weighted by Crippen LogP contribution is 2.42. The number of esters is 1. The normalized spacial score (nSPS) is 16.8. The van der Waals surface area contributed by atoms with Crippen LogP contribution in [0.25, 0.3) is 0 Å². The number of thioether (sulfide) groups is 1. The Bertz CT molecular complexity index is 957. The van der Waals surface area contributed by atoms with Crippen molar-refractivity contribution in [3.63, 3.8) is 0 Å². The average molecular weight is 422 g/mol. The molecule has 3 rings (SSSR count). The summed E-state index contributed by atoms with van der Waals surface area (Å²) in [6, 6.07) is 11.9. The number of aryl methyl sites for hydroxylation is 1. The third-order valence-electron chi connectivity index (χ3n) is 4.48. The largest absolute Gasteiger partial charge is 0.497 e. The predicted octanol–water partition coefficient (Wildman–Crippen LogP) is 3.55. The van der Waals surface area contributed by atoms with Gasteiger partial charge in [-0.15, -0.1) is 11.8 Å². The van der Waals surface area contributed by atoms with E-state index in [1.807, 2.05) is 6.92 Å². The van der Waals surface area contributed by atoms with Gasteiger partial charge in [0.1, 0.15) is 11.0 Å². The molecule has 6 nitrogen and oxygen atoms in total. The second kappa shape index (κ2) is 8.45. The Balaban J connectivity index is 2.12. The number of nitrogens with zero attached hydrogens (tertiary/aromatic N) is 1. The van der Waals surface area contributed by atoms with Crippen molar-refractivity contribution >= 4 is 33.4 Å². The molecule has 1 aliphatic heterocycles. The van der Waals surface area contributed by atoms with Crippen LogP contribution in [0.1, 0.15) is 23.3 Å². The van der Waals surface area contributed by atoms with Gasteiger partial charge in [0.15, 0.2) is 0 Å². The topological polar surface area (TPSA) is 72.9 Å². The predicted molar refractivity (Wildman–Crippen MR) is 111 cm³/mol. The van der Waals surface area contributed by atoms with Crippen LogP contribution >= 0.6 is 11.8 Å². The van der Waals surface area contributed by atoms with E-state index in [2.05, 4.69) is 0 Å². The number of rotatable bonds is 5. The lowest BCUT2D eigenvalue weighted by molar-refractivity contribution is -0.142. The minimum absolute atomic E-state index is 0.214. The standard InChI is InChI=1S/C20H23NO5S2/c1-4-26-20(22)19-17-10-7-15(25-3)13-18(17)21(11-12-27-19)28(23,24)16-8-5-14(2)6-9-16/h5-10,13,19H,4,11-12H2,1-3H3. The lowest BCUT2D eigenvalue weighted by atomic mass is 10.1. The number of ether oxygens (including phenoxy) is 2. The van der Waals surface area contributed by atoms with Crippen LogP contribution in [0, 0.1) is 6.92 Å². The van der Waals surface area contributed by atoms with Crippen molar-refractivity contribution in [1.29, 1.82) is 0 Å². The van der Waals surface area contributed by atoms with Gasteiger partial charge in [-0.25, -0.2) is 8.42 Å². The van der Waals surface area contributed by atoms with E-state index in [4.69, 9.17) is 9.47 Å². The van der Waals surface area contributed by atoms with Crippen molar-refractivity contribution in [3.8, 4) is 5.75 Å². The first-order valence-electron chi connectivity index (χ1n) is 8.94. The number of carbonyl (C=O) groups excluding carboxylic acids is 1. The molecule has 2 aromatic rings. The summed E-state index contributed by atoms with van der Waals surface area (Å²) in [5.74, 6) is 0.622. The van der Waals surface area contributed by atoms with Gasteiger partial charge in [-0.2, -0.15) is 0 Å². The molecular formula is C20H23NO5S2. The second-order valence-electron chi connectivity index (χ2n) is 6.32. The van der Waals surface area contributed by atoms with Crippen molar-refractivity contribution in [3.05, 3.63) is 53.6 Å². The molecule has 0 aromatic heterocycles. The Morgan fingerprint density at radius 2 is 1.93 bits per heavy atom. The smallest absolute Gasteiger partial charge is 0.323 e. The molecule has 0 bridgehead atoms. The highest BCUT2D eigenvalue weighted by Gasteiger charge is 2.35. The molecule has 8 heteroatoms. The van der Waals surface area contributed by atoms with Gasteiger partial charge >= 0.3 is 5.97 Å². The summed E-state index contributed by atoms with van der Waals surface area (Å²) in [6.07, 6.45) is 0. The lowest BCUT2D eigenvalue weighted by Gasteiger charge is -2.25. The van der Waals surface area contributed by atoms with Crippen molar-refractivity contribution in [2.45, 2.75) is 24.0 Å². The van der Waals surface area contributed by atoms with Crippen LogP contribution in [0.3, 0.4) is 0 Å². The number of anilines is 1. The van der Waals surface area contributed by atoms with Crippen LogP contribution in [0.5, 0.6) is 5.75 Å². The summed E-state index contributed by atoms with van der Waals surface area (Å²) in [5, 5.41) is -0.584. The van der Waals surface area contributed by atoms with Gasteiger partial charge in [0.2, 0.25) is 0 Å². The molecule has 0 fully saturated rings. The van der Waals surface area contributed by atoms with E-state index >= 15 is 0 Å². The van der Waals surface area contributed by atoms with E-state index in [1.165, 1.54) is 23.2 Å². The monoisotopic (exact) mass is 421 g/mol. The molecule has 150 valence electrons. The maximum absolute atomic E-state index is 13.4. The maximum Gasteiger partial charge on any atom is 0.323 e. The van der Waals surface area contributed by atoms with Gasteiger partial charge in [0.25, 0.3) is 10.0 Å². The Morgan fingerprint density at radius 1 is 1.21 bits per heavy atom. The Morgan fingerprint density at radius 3 is 2.57 bits per heavy atom. The highest BCUT2D eigenvalue weighted by molar-refractivity contribution is 8.00. The van der Waals surface area contributed by atoms with E-state index in [1.54, 1.807) is 49.4 Å². The first-order valence-corrected chi connectivity index (χ1v) is 11.4. The van der Waals surface area contributed by atoms with Crippen molar-refractivity contribution < 1.29 is 22.7 Å². The third kappa shape index (κ3) is 3.98. The summed E-state index contributed by atoms with van der Waals surface area (Å²) < 4.78 is 38.6. The van der Waals surface area contributed by atoms with Crippen LogP contribution in [0.4, 0.5) is 5.69 Å². The van der Waals surface area contributed by atoms with Gasteiger partial charge in [0.05, 0.1) is 24.3 Å². The van der Waals surface area contributed by atoms with Crippen molar-refractivity contribution in [2.75, 3.05) is 30.3 Å². The number of sulfonamides is 1. The molecule has 0 saturated carbocycles. The first-order chi connectivity index (χ1) is 13.4. The molecule has 0 radical (unpaired) electrons. The summed E-state index contributed by atoms with van der Waals surface area (Å²) in [5.41, 5.74) is 2.04. The SMILES string of the molecule is CCOC(=O)C1SCCN(S(=O)(=O)c2ccc(C)cc2)c2cc(OC)ccc21. The number of methoxy groups -OCH3 is 1. The molecule has 0 amide bonds. The number of hydrogen-bond donors (Lipinski definition) is 0. The van der Waals surface area contributed by atoms with Crippen molar-refractivity contribution in [1.82, 2.24) is 0 Å². The summed E-state index contributed by atoms with van der Waals surface area (Å²) in [7, 11) is -2.27. The number of hydrogen-bond acceptors (Lipinski definition) is 6. The van der Waals surface area contributed by atoms with Crippen LogP contribution in [0.15, 0.2) is 47.4 Å². The average Bonchev–Trinajstić information content (AvgIpc) is 2.88. The zero-order chi connectivity index (χ0) is 20.3. The van der Waals surface area contributed by atoms with Gasteiger partial charge in [0, 0.05) is 23.9 Å². The molecule has 0 aliphatic carbocycles. The minimum atomic E-state index is -3.79. The fourth-order valence-corrected chi connectivity index (χ4v) is 5.76. The Kier molecular flexibility index (Phi) is 6.20. The summed E-state index contributed by atoms with van der Waals surface area (Å²) in [6.45, 7) is 4.18. The molecule has 1 unspecified atom stereocenters. The molecular weight excluding hydrogens is 398 g/mol. The van der Waals surface area contributed by atoms with Crippen LogP contribution in [0.2, 0.25) is 0 Å². The van der Waals surface area contributed by atoms with E-state index in [0.717, 1.165) is 5.56 Å². The molecule has 1 aliphatic rings. The van der Waals surface area contributed by atoms with Gasteiger partial charge in [-0.05, 0) is 32.0 Å². The van der Waals surface area contributed by atoms with Crippen molar-refractivity contribution in [2.24, 2.45) is 0 Å². The number of benzene rings is 2. The number of fused-ring (bicyclic) bond motifs is 1. The molecule has 0 N–H and O–H groups in total. The van der Waals surface area contributed by atoms with E-state index < -0.39 is 15.3 Å². The quantitative estimate of drug-likeness (QED) is 0.688. The Hall–Kier alpha value is -2.19. The first kappa shape index (κ1) is 20.5. The molecule has 1 atom stereocenters. The summed E-state index contributed by atoms with van der Waals surface area (Å²) in [4.78, 5) is 12.7. The van der Waals surface area contributed by atoms with Crippen LogP contribution in [-0.2, 0) is 19.6 Å². The highest BCUT2D eigenvalue weighted by atomic mass is 32.2. The van der Waals surface area contributed by atoms with Gasteiger partial charge < -0.3 is 9.47 Å². The lowest BCUT2D eigenvalue weighted by Crippen LogP contribution is -2.33. The molecule has 0 saturated heterocycles. The van der Waals surface area contributed by atoms with E-state index in [-0.39, 0.29) is 24.0 Å². The van der Waals surface area contributed by atoms with Crippen LogP contribution < -0.4 is 9.04 Å². The van der Waals surface area contributed by atoms with Gasteiger partial charge in [-0.3, -0.25) is 9.10 Å². The second-order valence-corrected chi connectivity index (χ2v) is 9.39. The Labute approximate surface area is 169 Å². The number of carbonyl (C=O) groups is 1. The molecule has 2 aromatic carbocycles. The van der Waals surface area contributed by atoms with E-state index in [0.29, 0.717) is 22.8 Å².